The molecule has 1 saturated carbocycles. The number of carbonyl (C=O) groups excluding carboxylic acids is 1. The van der Waals surface area contributed by atoms with Crippen LogP contribution in [0.15, 0.2) is 0 Å². The highest BCUT2D eigenvalue weighted by Crippen LogP contribution is 2.28. The van der Waals surface area contributed by atoms with Crippen molar-refractivity contribution in [3.05, 3.63) is 0 Å². The highest BCUT2D eigenvalue weighted by atomic mass is 16.2. The fourth-order valence-corrected chi connectivity index (χ4v) is 1.46. The average molecular weight is 198 g/mol. The zero-order valence-corrected chi connectivity index (χ0v) is 9.52. The molecule has 0 aliphatic heterocycles. The largest absolute Gasteiger partial charge is 0.354 e. The molecule has 0 saturated heterocycles. The summed E-state index contributed by atoms with van der Waals surface area (Å²) in [5.41, 5.74) is 5.65. The van der Waals surface area contributed by atoms with E-state index in [2.05, 4.69) is 5.32 Å². The lowest BCUT2D eigenvalue weighted by Gasteiger charge is -2.38. The lowest BCUT2D eigenvalue weighted by molar-refractivity contribution is -0.129. The molecule has 14 heavy (non-hydrogen) atoms. The van der Waals surface area contributed by atoms with Gasteiger partial charge < -0.3 is 11.1 Å². The Balaban J connectivity index is 2.34. The van der Waals surface area contributed by atoms with Gasteiger partial charge in [0.25, 0.3) is 0 Å². The van der Waals surface area contributed by atoms with Crippen LogP contribution >= 0.6 is 0 Å². The van der Waals surface area contributed by atoms with E-state index in [1.165, 1.54) is 6.42 Å². The van der Waals surface area contributed by atoms with Crippen LogP contribution in [0, 0.1) is 5.41 Å². The highest BCUT2D eigenvalue weighted by Gasteiger charge is 2.34. The van der Waals surface area contributed by atoms with Gasteiger partial charge in [-0.05, 0) is 25.7 Å². The maximum Gasteiger partial charge on any atom is 0.225 e. The molecule has 3 heteroatoms. The van der Waals surface area contributed by atoms with Gasteiger partial charge in [-0.15, -0.1) is 0 Å². The van der Waals surface area contributed by atoms with Crippen LogP contribution in [-0.4, -0.2) is 18.0 Å². The van der Waals surface area contributed by atoms with Gasteiger partial charge in [0.15, 0.2) is 0 Å². The van der Waals surface area contributed by atoms with Gasteiger partial charge >= 0.3 is 0 Å². The van der Waals surface area contributed by atoms with Crippen LogP contribution < -0.4 is 11.1 Å². The van der Waals surface area contributed by atoms with Gasteiger partial charge in [0.2, 0.25) is 5.91 Å². The molecular weight excluding hydrogens is 176 g/mol. The van der Waals surface area contributed by atoms with Gasteiger partial charge in [-0.3, -0.25) is 4.79 Å². The first kappa shape index (κ1) is 11.5. The van der Waals surface area contributed by atoms with Crippen molar-refractivity contribution in [2.45, 2.75) is 52.0 Å². The van der Waals surface area contributed by atoms with E-state index in [1.54, 1.807) is 0 Å². The van der Waals surface area contributed by atoms with Gasteiger partial charge in [-0.1, -0.05) is 20.8 Å². The minimum atomic E-state index is -0.264. The van der Waals surface area contributed by atoms with Gasteiger partial charge in [0, 0.05) is 17.5 Å². The molecule has 0 bridgehead atoms. The predicted octanol–water partition coefficient (Wildman–Crippen LogP) is 1.42. The fraction of sp³-hybridized carbons (Fsp3) is 0.909. The topological polar surface area (TPSA) is 55.1 Å². The van der Waals surface area contributed by atoms with Crippen molar-refractivity contribution in [3.8, 4) is 0 Å². The molecule has 0 spiro atoms. The van der Waals surface area contributed by atoms with E-state index in [0.29, 0.717) is 6.54 Å². The first-order chi connectivity index (χ1) is 6.40. The molecular formula is C11H22N2O. The summed E-state index contributed by atoms with van der Waals surface area (Å²) in [5.74, 6) is 0.122. The number of nitrogens with two attached hydrogens (primary N) is 1. The molecule has 1 aliphatic rings. The maximum atomic E-state index is 11.7. The van der Waals surface area contributed by atoms with Crippen molar-refractivity contribution in [2.75, 3.05) is 6.54 Å². The SMILES string of the molecule is CCC(C)(C)C(=O)NCC1(N)CCC1. The second-order valence-corrected chi connectivity index (χ2v) is 5.14. The molecule has 3 nitrogen and oxygen atoms in total. The third-order valence-corrected chi connectivity index (χ3v) is 3.45. The number of hydrogen-bond acceptors (Lipinski definition) is 2. The minimum Gasteiger partial charge on any atom is -0.354 e. The molecule has 0 atom stereocenters. The summed E-state index contributed by atoms with van der Waals surface area (Å²) in [7, 11) is 0. The molecule has 1 amide bonds. The molecule has 3 N–H and O–H groups in total. The Morgan fingerprint density at radius 1 is 1.50 bits per heavy atom. The number of rotatable bonds is 4. The fourth-order valence-electron chi connectivity index (χ4n) is 1.46. The lowest BCUT2D eigenvalue weighted by Crippen LogP contribution is -2.56. The first-order valence-corrected chi connectivity index (χ1v) is 5.47. The zero-order valence-electron chi connectivity index (χ0n) is 9.52. The third-order valence-electron chi connectivity index (χ3n) is 3.45. The number of amides is 1. The molecule has 0 aromatic heterocycles. The van der Waals surface area contributed by atoms with Crippen LogP contribution in [0.25, 0.3) is 0 Å². The van der Waals surface area contributed by atoms with Crippen molar-refractivity contribution in [2.24, 2.45) is 11.1 Å². The molecule has 0 aromatic rings. The van der Waals surface area contributed by atoms with E-state index >= 15 is 0 Å². The molecule has 1 rings (SSSR count). The Bertz CT molecular complexity index is 219. The van der Waals surface area contributed by atoms with Crippen molar-refractivity contribution in [3.63, 3.8) is 0 Å². The van der Waals surface area contributed by atoms with Crippen LogP contribution in [0.5, 0.6) is 0 Å². The Morgan fingerprint density at radius 3 is 2.43 bits per heavy atom. The quantitative estimate of drug-likeness (QED) is 0.718. The summed E-state index contributed by atoms with van der Waals surface area (Å²) in [5, 5.41) is 2.95. The molecule has 0 unspecified atom stereocenters. The summed E-state index contributed by atoms with van der Waals surface area (Å²) in [6.45, 7) is 6.59. The lowest BCUT2D eigenvalue weighted by atomic mass is 9.77. The summed E-state index contributed by atoms with van der Waals surface area (Å²) < 4.78 is 0. The Kier molecular flexibility index (Phi) is 3.20. The number of nitrogens with one attached hydrogen (secondary N) is 1. The molecule has 82 valence electrons. The molecule has 1 aliphatic carbocycles. The van der Waals surface area contributed by atoms with E-state index < -0.39 is 0 Å². The zero-order chi connectivity index (χ0) is 10.8. The van der Waals surface area contributed by atoms with Crippen LogP contribution in [0.4, 0.5) is 0 Å². The minimum absolute atomic E-state index is 0.112. The summed E-state index contributed by atoms with van der Waals surface area (Å²) in [6, 6.07) is 0. The van der Waals surface area contributed by atoms with Crippen LogP contribution in [0.2, 0.25) is 0 Å². The van der Waals surface area contributed by atoms with Crippen molar-refractivity contribution >= 4 is 5.91 Å². The van der Waals surface area contributed by atoms with Crippen LogP contribution in [0.1, 0.15) is 46.5 Å². The maximum absolute atomic E-state index is 11.7. The van der Waals surface area contributed by atoms with Gasteiger partial charge in [0.1, 0.15) is 0 Å². The number of carbonyl (C=O) groups is 1. The number of hydrogen-bond donors (Lipinski definition) is 2. The first-order valence-electron chi connectivity index (χ1n) is 5.47. The van der Waals surface area contributed by atoms with Crippen molar-refractivity contribution < 1.29 is 4.79 Å². The van der Waals surface area contributed by atoms with E-state index in [1.807, 2.05) is 20.8 Å². The smallest absolute Gasteiger partial charge is 0.225 e. The highest BCUT2D eigenvalue weighted by molar-refractivity contribution is 5.81. The molecule has 0 radical (unpaired) electrons. The Hall–Kier alpha value is -0.570. The van der Waals surface area contributed by atoms with Crippen LogP contribution in [0.3, 0.4) is 0 Å². The van der Waals surface area contributed by atoms with E-state index in [9.17, 15) is 4.79 Å². The standard InChI is InChI=1S/C11H22N2O/c1-4-10(2,3)9(14)13-8-11(12)6-5-7-11/h4-8,12H2,1-3H3,(H,13,14). The van der Waals surface area contributed by atoms with Gasteiger partial charge in [0.05, 0.1) is 0 Å². The third kappa shape index (κ3) is 2.47. The molecule has 0 heterocycles. The van der Waals surface area contributed by atoms with Crippen molar-refractivity contribution in [1.29, 1.82) is 0 Å². The van der Waals surface area contributed by atoms with Crippen molar-refractivity contribution in [1.82, 2.24) is 5.32 Å². The molecule has 1 fully saturated rings. The van der Waals surface area contributed by atoms with E-state index in [0.717, 1.165) is 19.3 Å². The second-order valence-electron chi connectivity index (χ2n) is 5.14. The molecule has 0 aromatic carbocycles. The van der Waals surface area contributed by atoms with E-state index in [-0.39, 0.29) is 16.9 Å². The second kappa shape index (κ2) is 3.89. The Morgan fingerprint density at radius 2 is 2.07 bits per heavy atom. The summed E-state index contributed by atoms with van der Waals surface area (Å²) in [6.07, 6.45) is 4.14. The van der Waals surface area contributed by atoms with Crippen LogP contribution in [-0.2, 0) is 4.79 Å². The monoisotopic (exact) mass is 198 g/mol. The summed E-state index contributed by atoms with van der Waals surface area (Å²) in [4.78, 5) is 11.7. The van der Waals surface area contributed by atoms with Gasteiger partial charge in [-0.2, -0.15) is 0 Å². The predicted molar refractivity (Wildman–Crippen MR) is 57.9 cm³/mol. The average Bonchev–Trinajstić information content (AvgIpc) is 2.11. The normalized spacial score (nSPS) is 20.0. The Labute approximate surface area is 86.4 Å². The summed E-state index contributed by atoms with van der Waals surface area (Å²) >= 11 is 0. The van der Waals surface area contributed by atoms with Gasteiger partial charge in [-0.25, -0.2) is 0 Å². The van der Waals surface area contributed by atoms with E-state index in [4.69, 9.17) is 5.73 Å².